The van der Waals surface area contributed by atoms with Gasteiger partial charge in [0.25, 0.3) is 5.91 Å². The van der Waals surface area contributed by atoms with Crippen molar-refractivity contribution in [3.05, 3.63) is 21.2 Å². The highest BCUT2D eigenvalue weighted by Gasteiger charge is 2.34. The predicted molar refractivity (Wildman–Crippen MR) is 116 cm³/mol. The molecule has 0 aromatic carbocycles. The maximum Gasteiger partial charge on any atom is 0.347 e. The minimum Gasteiger partial charge on any atom is -0.477 e. The Balaban J connectivity index is 1.64. The highest BCUT2D eigenvalue weighted by atomic mass is 32.2. The van der Waals surface area contributed by atoms with Gasteiger partial charge in [0, 0.05) is 26.6 Å². The Morgan fingerprint density at radius 2 is 2.21 bits per heavy atom. The number of hydrogen-bond acceptors (Lipinski definition) is 8. The van der Waals surface area contributed by atoms with E-state index in [2.05, 4.69) is 22.2 Å². The number of anilines is 1. The van der Waals surface area contributed by atoms with Crippen molar-refractivity contribution in [2.45, 2.75) is 45.3 Å². The van der Waals surface area contributed by atoms with Crippen molar-refractivity contribution < 1.29 is 19.4 Å². The van der Waals surface area contributed by atoms with Crippen LogP contribution in [0.3, 0.4) is 0 Å². The quantitative estimate of drug-likeness (QED) is 0.674. The van der Waals surface area contributed by atoms with E-state index in [-0.39, 0.29) is 22.9 Å². The molecule has 2 aliphatic rings. The number of ether oxygens (including phenoxy) is 1. The molecule has 1 fully saturated rings. The van der Waals surface area contributed by atoms with Crippen molar-refractivity contribution in [2.75, 3.05) is 31.4 Å². The molecule has 2 aliphatic heterocycles. The fourth-order valence-electron chi connectivity index (χ4n) is 3.58. The molecule has 3 heterocycles. The Hall–Kier alpha value is -1.91. The van der Waals surface area contributed by atoms with Gasteiger partial charge in [-0.1, -0.05) is 18.3 Å². The third-order valence-electron chi connectivity index (χ3n) is 5.23. The second-order valence-electron chi connectivity index (χ2n) is 7.01. The number of thioether (sulfide) groups is 1. The second-order valence-corrected chi connectivity index (χ2v) is 8.78. The van der Waals surface area contributed by atoms with Gasteiger partial charge >= 0.3 is 5.97 Å². The summed E-state index contributed by atoms with van der Waals surface area (Å²) in [6, 6.07) is -0.130. The predicted octanol–water partition coefficient (Wildman–Crippen LogP) is 2.69. The van der Waals surface area contributed by atoms with Crippen LogP contribution >= 0.6 is 23.1 Å². The van der Waals surface area contributed by atoms with E-state index in [9.17, 15) is 14.7 Å². The first-order valence-electron chi connectivity index (χ1n) is 9.50. The second kappa shape index (κ2) is 9.27. The molecule has 0 bridgehead atoms. The van der Waals surface area contributed by atoms with Crippen molar-refractivity contribution in [3.63, 3.8) is 0 Å². The summed E-state index contributed by atoms with van der Waals surface area (Å²) in [5.41, 5.74) is 2.28. The lowest BCUT2D eigenvalue weighted by atomic mass is 10.0. The summed E-state index contributed by atoms with van der Waals surface area (Å²) < 4.78 is 5.64. The number of allylic oxidation sites excluding steroid dienone is 1. The summed E-state index contributed by atoms with van der Waals surface area (Å²) in [7, 11) is 1.62. The molecule has 2 N–H and O–H groups in total. The SMILES string of the molecule is CCC1=C(SC)N=C(C(=O)N[C@@H]2CCN(c3nc(C)c(C(=O)O)s3)C[C@@H]2OC)C1. The van der Waals surface area contributed by atoms with Crippen molar-refractivity contribution >= 4 is 45.8 Å². The number of thiazole rings is 1. The Morgan fingerprint density at radius 3 is 2.76 bits per heavy atom. The van der Waals surface area contributed by atoms with Gasteiger partial charge in [-0.25, -0.2) is 14.8 Å². The average molecular weight is 439 g/mol. The van der Waals surface area contributed by atoms with Crippen LogP contribution in [0.4, 0.5) is 5.13 Å². The smallest absolute Gasteiger partial charge is 0.347 e. The van der Waals surface area contributed by atoms with E-state index in [0.717, 1.165) is 11.4 Å². The first kappa shape index (κ1) is 21.8. The van der Waals surface area contributed by atoms with Gasteiger partial charge in [-0.3, -0.25) is 4.79 Å². The molecular weight excluding hydrogens is 412 g/mol. The van der Waals surface area contributed by atoms with E-state index in [1.54, 1.807) is 25.8 Å². The monoisotopic (exact) mass is 438 g/mol. The molecular formula is C19H26N4O4S2. The van der Waals surface area contributed by atoms with E-state index in [1.807, 2.05) is 11.2 Å². The number of aryl methyl sites for hydroxylation is 1. The van der Waals surface area contributed by atoms with Gasteiger partial charge in [-0.2, -0.15) is 0 Å². The zero-order valence-corrected chi connectivity index (χ0v) is 18.7. The molecule has 10 heteroatoms. The Bertz CT molecular complexity index is 864. The number of carbonyl (C=O) groups excluding carboxylic acids is 1. The molecule has 158 valence electrons. The lowest BCUT2D eigenvalue weighted by Gasteiger charge is -2.37. The third-order valence-corrected chi connectivity index (χ3v) is 7.20. The Labute approximate surface area is 178 Å². The molecule has 0 unspecified atom stereocenters. The summed E-state index contributed by atoms with van der Waals surface area (Å²) in [5, 5.41) is 14.0. The molecule has 0 spiro atoms. The maximum atomic E-state index is 12.7. The summed E-state index contributed by atoms with van der Waals surface area (Å²) in [4.78, 5) is 35.2. The summed E-state index contributed by atoms with van der Waals surface area (Å²) >= 11 is 2.75. The largest absolute Gasteiger partial charge is 0.477 e. The fourth-order valence-corrected chi connectivity index (χ4v) is 5.23. The van der Waals surface area contributed by atoms with Crippen molar-refractivity contribution in [2.24, 2.45) is 4.99 Å². The van der Waals surface area contributed by atoms with E-state index in [1.165, 1.54) is 16.9 Å². The standard InChI is InChI=1S/C19H26N4O4S2/c1-5-11-8-13(22-17(11)28-4)16(24)21-12-6-7-23(9-14(12)27-3)19-20-10(2)15(29-19)18(25)26/h12,14H,5-9H2,1-4H3,(H,21,24)(H,25,26)/t12-,14+/m1/s1. The number of amides is 1. The van der Waals surface area contributed by atoms with Crippen LogP contribution in [0.1, 0.15) is 41.6 Å². The number of aromatic nitrogens is 1. The van der Waals surface area contributed by atoms with Gasteiger partial charge in [0.15, 0.2) is 5.13 Å². The van der Waals surface area contributed by atoms with Gasteiger partial charge < -0.3 is 20.1 Å². The van der Waals surface area contributed by atoms with Gasteiger partial charge in [0.1, 0.15) is 10.6 Å². The molecule has 3 rings (SSSR count). The van der Waals surface area contributed by atoms with Crippen LogP contribution in [0.2, 0.25) is 0 Å². The molecule has 1 amide bonds. The van der Waals surface area contributed by atoms with Gasteiger partial charge in [-0.05, 0) is 31.6 Å². The normalized spacial score (nSPS) is 22.1. The number of carboxylic acid groups (broad SMARTS) is 1. The lowest BCUT2D eigenvalue weighted by molar-refractivity contribution is -0.116. The first-order chi connectivity index (χ1) is 13.9. The number of carboxylic acids is 1. The summed E-state index contributed by atoms with van der Waals surface area (Å²) in [5.74, 6) is -1.10. The van der Waals surface area contributed by atoms with Crippen LogP contribution in [0, 0.1) is 6.92 Å². The average Bonchev–Trinajstić information content (AvgIpc) is 3.31. The van der Waals surface area contributed by atoms with E-state index in [4.69, 9.17) is 4.74 Å². The number of methoxy groups -OCH3 is 1. The Morgan fingerprint density at radius 1 is 1.45 bits per heavy atom. The molecule has 0 aliphatic carbocycles. The lowest BCUT2D eigenvalue weighted by Crippen LogP contribution is -2.55. The highest BCUT2D eigenvalue weighted by Crippen LogP contribution is 2.31. The fraction of sp³-hybridized carbons (Fsp3) is 0.579. The third kappa shape index (κ3) is 4.65. The van der Waals surface area contributed by atoms with Crippen LogP contribution in [-0.4, -0.2) is 66.3 Å². The van der Waals surface area contributed by atoms with E-state index in [0.29, 0.717) is 42.5 Å². The number of nitrogens with one attached hydrogen (secondary N) is 1. The molecule has 1 aromatic heterocycles. The summed E-state index contributed by atoms with van der Waals surface area (Å²) in [6.07, 6.45) is 3.93. The highest BCUT2D eigenvalue weighted by molar-refractivity contribution is 8.02. The van der Waals surface area contributed by atoms with Crippen molar-refractivity contribution in [1.82, 2.24) is 10.3 Å². The summed E-state index contributed by atoms with van der Waals surface area (Å²) in [6.45, 7) is 4.98. The topological polar surface area (TPSA) is 104 Å². The molecule has 1 aromatic rings. The molecule has 29 heavy (non-hydrogen) atoms. The number of piperidine rings is 1. The van der Waals surface area contributed by atoms with Gasteiger partial charge in [-0.15, -0.1) is 11.8 Å². The van der Waals surface area contributed by atoms with Crippen molar-refractivity contribution in [1.29, 1.82) is 0 Å². The number of aliphatic imine (C=N–C) groups is 1. The van der Waals surface area contributed by atoms with Crippen LogP contribution < -0.4 is 10.2 Å². The molecule has 0 radical (unpaired) electrons. The van der Waals surface area contributed by atoms with Crippen LogP contribution in [0.25, 0.3) is 0 Å². The molecule has 1 saturated heterocycles. The number of aromatic carboxylic acids is 1. The van der Waals surface area contributed by atoms with E-state index < -0.39 is 5.97 Å². The number of hydrogen-bond donors (Lipinski definition) is 2. The van der Waals surface area contributed by atoms with Crippen LogP contribution in [-0.2, 0) is 9.53 Å². The van der Waals surface area contributed by atoms with Crippen LogP contribution in [0.15, 0.2) is 15.6 Å². The van der Waals surface area contributed by atoms with Gasteiger partial charge in [0.05, 0.1) is 22.9 Å². The number of carbonyl (C=O) groups is 2. The minimum atomic E-state index is -0.960. The minimum absolute atomic E-state index is 0.130. The van der Waals surface area contributed by atoms with Crippen molar-refractivity contribution in [3.8, 4) is 0 Å². The maximum absolute atomic E-state index is 12.7. The molecule has 0 saturated carbocycles. The Kier molecular flexibility index (Phi) is 6.97. The molecule has 8 nitrogen and oxygen atoms in total. The zero-order valence-electron chi connectivity index (χ0n) is 17.0. The number of nitrogens with zero attached hydrogens (tertiary/aromatic N) is 3. The number of rotatable bonds is 7. The first-order valence-corrected chi connectivity index (χ1v) is 11.5. The van der Waals surface area contributed by atoms with Gasteiger partial charge in [0.2, 0.25) is 0 Å². The zero-order chi connectivity index (χ0) is 21.1. The molecule has 2 atom stereocenters. The van der Waals surface area contributed by atoms with Crippen LogP contribution in [0.5, 0.6) is 0 Å². The van der Waals surface area contributed by atoms with E-state index >= 15 is 0 Å².